The van der Waals surface area contributed by atoms with Gasteiger partial charge in [0.15, 0.2) is 0 Å². The van der Waals surface area contributed by atoms with Crippen molar-refractivity contribution < 1.29 is 9.53 Å². The van der Waals surface area contributed by atoms with Crippen molar-refractivity contribution >= 4 is 5.97 Å². The molecule has 0 aromatic carbocycles. The fourth-order valence-corrected chi connectivity index (χ4v) is 5.38. The summed E-state index contributed by atoms with van der Waals surface area (Å²) in [7, 11) is 0. The Kier molecular flexibility index (Phi) is 35.0. The van der Waals surface area contributed by atoms with Crippen molar-refractivity contribution in [3.8, 4) is 0 Å². The lowest BCUT2D eigenvalue weighted by Gasteiger charge is -2.03. The Bertz CT molecular complexity index is 536. The van der Waals surface area contributed by atoms with E-state index < -0.39 is 0 Å². The van der Waals surface area contributed by atoms with Crippen LogP contribution < -0.4 is 0 Å². The summed E-state index contributed by atoms with van der Waals surface area (Å²) < 4.78 is 5.36. The Morgan fingerprint density at radius 2 is 0.700 bits per heavy atom. The number of allylic oxidation sites excluding steroid dienone is 3. The maximum Gasteiger partial charge on any atom is 0.330 e. The van der Waals surface area contributed by atoms with Crippen LogP contribution in [0.3, 0.4) is 0 Å². The van der Waals surface area contributed by atoms with Crippen LogP contribution in [0.15, 0.2) is 24.3 Å². The van der Waals surface area contributed by atoms with Gasteiger partial charge in [-0.15, -0.1) is 0 Å². The second-order valence-electron chi connectivity index (χ2n) is 12.2. The molecule has 0 N–H and O–H groups in total. The largest absolute Gasteiger partial charge is 0.463 e. The van der Waals surface area contributed by atoms with E-state index in [9.17, 15) is 4.79 Å². The third-order valence-corrected chi connectivity index (χ3v) is 8.13. The molecular formula is C38H72O2. The molecule has 0 radical (unpaired) electrons. The van der Waals surface area contributed by atoms with Gasteiger partial charge in [0.25, 0.3) is 0 Å². The van der Waals surface area contributed by atoms with Crippen LogP contribution in [0.1, 0.15) is 206 Å². The molecule has 0 saturated heterocycles. The molecule has 40 heavy (non-hydrogen) atoms. The maximum atomic E-state index is 11.9. The van der Waals surface area contributed by atoms with Crippen molar-refractivity contribution in [3.63, 3.8) is 0 Å². The number of ether oxygens (including phenoxy) is 1. The molecule has 0 saturated carbocycles. The molecule has 0 aliphatic carbocycles. The van der Waals surface area contributed by atoms with Gasteiger partial charge < -0.3 is 4.74 Å². The van der Waals surface area contributed by atoms with Gasteiger partial charge in [0, 0.05) is 6.08 Å². The van der Waals surface area contributed by atoms with Crippen molar-refractivity contribution in [2.45, 2.75) is 206 Å². The van der Waals surface area contributed by atoms with Crippen LogP contribution in [0.4, 0.5) is 0 Å². The lowest BCUT2D eigenvalue weighted by molar-refractivity contribution is -0.137. The minimum atomic E-state index is -0.157. The molecule has 0 bridgehead atoms. The average Bonchev–Trinajstić information content (AvgIpc) is 2.96. The normalized spacial score (nSPS) is 11.8. The zero-order valence-corrected chi connectivity index (χ0v) is 27.5. The highest BCUT2D eigenvalue weighted by atomic mass is 16.5. The Hall–Kier alpha value is -1.05. The number of rotatable bonds is 33. The average molecular weight is 561 g/mol. The van der Waals surface area contributed by atoms with Gasteiger partial charge in [-0.05, 0) is 44.9 Å². The Labute approximate surface area is 252 Å². The van der Waals surface area contributed by atoms with Gasteiger partial charge in [0.1, 0.15) is 0 Å². The molecule has 0 fully saturated rings. The van der Waals surface area contributed by atoms with Gasteiger partial charge in [-0.25, -0.2) is 4.79 Å². The number of unbranched alkanes of at least 4 members (excludes halogenated alkanes) is 27. The number of hydrogen-bond donors (Lipinski definition) is 0. The SMILES string of the molecule is CCCCCCC=CCCCCCCCCCCOC(=O)C=CCCCCCCCCCCCCCCCCC. The summed E-state index contributed by atoms with van der Waals surface area (Å²) >= 11 is 0. The first kappa shape index (κ1) is 39.0. The highest BCUT2D eigenvalue weighted by molar-refractivity contribution is 5.81. The first-order valence-corrected chi connectivity index (χ1v) is 18.3. The van der Waals surface area contributed by atoms with E-state index in [1.54, 1.807) is 6.08 Å². The van der Waals surface area contributed by atoms with Crippen LogP contribution in [-0.2, 0) is 9.53 Å². The monoisotopic (exact) mass is 561 g/mol. The predicted octanol–water partition coefficient (Wildman–Crippen LogP) is 13.4. The zero-order valence-electron chi connectivity index (χ0n) is 27.5. The molecule has 0 unspecified atom stereocenters. The summed E-state index contributed by atoms with van der Waals surface area (Å²) in [6, 6.07) is 0. The first-order chi connectivity index (χ1) is 19.8. The summed E-state index contributed by atoms with van der Waals surface area (Å²) in [6.07, 6.45) is 48.5. The molecule has 236 valence electrons. The third kappa shape index (κ3) is 35.0. The number of hydrogen-bond acceptors (Lipinski definition) is 2. The summed E-state index contributed by atoms with van der Waals surface area (Å²) in [4.78, 5) is 11.9. The summed E-state index contributed by atoms with van der Waals surface area (Å²) in [5.41, 5.74) is 0. The summed E-state index contributed by atoms with van der Waals surface area (Å²) in [6.45, 7) is 5.14. The van der Waals surface area contributed by atoms with Crippen LogP contribution in [0.25, 0.3) is 0 Å². The van der Waals surface area contributed by atoms with E-state index in [1.807, 2.05) is 6.08 Å². The predicted molar refractivity (Wildman–Crippen MR) is 179 cm³/mol. The molecule has 2 nitrogen and oxygen atoms in total. The molecule has 0 aromatic rings. The molecule has 2 heteroatoms. The van der Waals surface area contributed by atoms with E-state index in [0.717, 1.165) is 12.8 Å². The standard InChI is InChI=1S/C38H72O2/c1-3-5-7-9-11-13-15-17-19-21-22-24-26-28-30-32-34-36-38(39)40-37-35-33-31-29-27-25-23-20-18-16-14-12-10-8-6-4-2/h14,16,34,36H,3-13,15,17-33,35,37H2,1-2H3. The molecule has 0 rings (SSSR count). The van der Waals surface area contributed by atoms with E-state index in [0.29, 0.717) is 6.61 Å². The second kappa shape index (κ2) is 36.0. The summed E-state index contributed by atoms with van der Waals surface area (Å²) in [5.74, 6) is -0.157. The van der Waals surface area contributed by atoms with Gasteiger partial charge in [0.2, 0.25) is 0 Å². The highest BCUT2D eigenvalue weighted by Gasteiger charge is 1.98. The van der Waals surface area contributed by atoms with Crippen molar-refractivity contribution in [2.24, 2.45) is 0 Å². The van der Waals surface area contributed by atoms with Gasteiger partial charge >= 0.3 is 5.97 Å². The minimum Gasteiger partial charge on any atom is -0.463 e. The molecule has 0 aromatic heterocycles. The molecule has 0 aliphatic heterocycles. The lowest BCUT2D eigenvalue weighted by atomic mass is 10.0. The fourth-order valence-electron chi connectivity index (χ4n) is 5.38. The minimum absolute atomic E-state index is 0.157. The van der Waals surface area contributed by atoms with E-state index >= 15 is 0 Å². The van der Waals surface area contributed by atoms with Gasteiger partial charge in [-0.2, -0.15) is 0 Å². The highest BCUT2D eigenvalue weighted by Crippen LogP contribution is 2.14. The van der Waals surface area contributed by atoms with Gasteiger partial charge in [-0.1, -0.05) is 180 Å². The summed E-state index contributed by atoms with van der Waals surface area (Å²) in [5, 5.41) is 0. The molecule has 0 aliphatic rings. The van der Waals surface area contributed by atoms with Crippen LogP contribution in [0, 0.1) is 0 Å². The van der Waals surface area contributed by atoms with Crippen molar-refractivity contribution in [1.29, 1.82) is 0 Å². The van der Waals surface area contributed by atoms with Crippen molar-refractivity contribution in [1.82, 2.24) is 0 Å². The van der Waals surface area contributed by atoms with Crippen LogP contribution in [0.2, 0.25) is 0 Å². The quantitative estimate of drug-likeness (QED) is 0.0345. The molecule has 0 atom stereocenters. The molecule has 0 amide bonds. The Balaban J connectivity index is 3.24. The first-order valence-electron chi connectivity index (χ1n) is 18.3. The van der Waals surface area contributed by atoms with E-state index in [2.05, 4.69) is 26.0 Å². The van der Waals surface area contributed by atoms with Crippen LogP contribution in [0.5, 0.6) is 0 Å². The van der Waals surface area contributed by atoms with Crippen molar-refractivity contribution in [2.75, 3.05) is 6.61 Å². The van der Waals surface area contributed by atoms with Gasteiger partial charge in [-0.3, -0.25) is 0 Å². The molecule has 0 spiro atoms. The van der Waals surface area contributed by atoms with Crippen molar-refractivity contribution in [3.05, 3.63) is 24.3 Å². The van der Waals surface area contributed by atoms with Crippen LogP contribution >= 0.6 is 0 Å². The fraction of sp³-hybridized carbons (Fsp3) is 0.868. The molecule has 0 heterocycles. The number of esters is 1. The van der Waals surface area contributed by atoms with E-state index in [1.165, 1.54) is 180 Å². The zero-order chi connectivity index (χ0) is 29.0. The third-order valence-electron chi connectivity index (χ3n) is 8.13. The van der Waals surface area contributed by atoms with Gasteiger partial charge in [0.05, 0.1) is 6.61 Å². The second-order valence-corrected chi connectivity index (χ2v) is 12.2. The Morgan fingerprint density at radius 3 is 1.10 bits per heavy atom. The topological polar surface area (TPSA) is 26.3 Å². The number of carbonyl (C=O) groups is 1. The van der Waals surface area contributed by atoms with E-state index in [-0.39, 0.29) is 5.97 Å². The number of carbonyl (C=O) groups excluding carboxylic acids is 1. The molecular weight excluding hydrogens is 488 g/mol. The Morgan fingerprint density at radius 1 is 0.400 bits per heavy atom. The smallest absolute Gasteiger partial charge is 0.330 e. The van der Waals surface area contributed by atoms with E-state index in [4.69, 9.17) is 4.74 Å². The maximum absolute atomic E-state index is 11.9. The lowest BCUT2D eigenvalue weighted by Crippen LogP contribution is -2.02. The van der Waals surface area contributed by atoms with Crippen LogP contribution in [-0.4, -0.2) is 12.6 Å².